The Morgan fingerprint density at radius 3 is 2.55 bits per heavy atom. The first-order valence-corrected chi connectivity index (χ1v) is 10.8. The van der Waals surface area contributed by atoms with Crippen LogP contribution in [0, 0.1) is 13.8 Å². The lowest BCUT2D eigenvalue weighted by molar-refractivity contribution is -0.133. The highest BCUT2D eigenvalue weighted by Crippen LogP contribution is 2.36. The predicted molar refractivity (Wildman–Crippen MR) is 123 cm³/mol. The summed E-state index contributed by atoms with van der Waals surface area (Å²) in [5.41, 5.74) is 3.15. The van der Waals surface area contributed by atoms with Gasteiger partial charge in [-0.3, -0.25) is 4.79 Å². The fourth-order valence-corrected chi connectivity index (χ4v) is 4.35. The highest BCUT2D eigenvalue weighted by molar-refractivity contribution is 5.90. The molecular formula is C25H30N4O2. The summed E-state index contributed by atoms with van der Waals surface area (Å²) in [7, 11) is 0. The van der Waals surface area contributed by atoms with Crippen molar-refractivity contribution in [3.8, 4) is 0 Å². The van der Waals surface area contributed by atoms with Gasteiger partial charge in [-0.25, -0.2) is 9.97 Å². The van der Waals surface area contributed by atoms with E-state index in [1.165, 1.54) is 11.1 Å². The van der Waals surface area contributed by atoms with Gasteiger partial charge in [0, 0.05) is 31.4 Å². The third kappa shape index (κ3) is 4.39. The summed E-state index contributed by atoms with van der Waals surface area (Å²) in [6.45, 7) is 8.79. The first-order chi connectivity index (χ1) is 14.7. The second-order valence-electron chi connectivity index (χ2n) is 8.67. The standard InChI is InChI=1S/C25H30N4O2/c1-16-6-5-7-20(14-16)17(2)26-24-22-15-21(8-9-23(22)27-18(3)28-24)25(31)10-12-29(13-11-25)19(4)30/h5-9,14-15,17,31H,10-13H2,1-4H3,(H,26,27,28)/t17-/m1/s1. The van der Waals surface area contributed by atoms with E-state index in [2.05, 4.69) is 53.4 Å². The number of fused-ring (bicyclic) bond motifs is 1. The molecule has 0 spiro atoms. The van der Waals surface area contributed by atoms with Gasteiger partial charge in [0.25, 0.3) is 0 Å². The lowest BCUT2D eigenvalue weighted by atomic mass is 9.84. The summed E-state index contributed by atoms with van der Waals surface area (Å²) < 4.78 is 0. The summed E-state index contributed by atoms with van der Waals surface area (Å²) in [6, 6.07) is 14.4. The largest absolute Gasteiger partial charge is 0.385 e. The van der Waals surface area contributed by atoms with Gasteiger partial charge in [-0.05, 0) is 56.9 Å². The quantitative estimate of drug-likeness (QED) is 0.662. The fourth-order valence-electron chi connectivity index (χ4n) is 4.35. The average Bonchev–Trinajstić information content (AvgIpc) is 2.73. The van der Waals surface area contributed by atoms with E-state index in [1.54, 1.807) is 11.8 Å². The summed E-state index contributed by atoms with van der Waals surface area (Å²) in [6.07, 6.45) is 1.04. The van der Waals surface area contributed by atoms with Gasteiger partial charge in [-0.1, -0.05) is 35.9 Å². The van der Waals surface area contributed by atoms with Crippen LogP contribution in [0.25, 0.3) is 10.9 Å². The number of likely N-dealkylation sites (tertiary alicyclic amines) is 1. The molecular weight excluding hydrogens is 388 g/mol. The van der Waals surface area contributed by atoms with E-state index in [-0.39, 0.29) is 11.9 Å². The van der Waals surface area contributed by atoms with Crippen LogP contribution in [-0.2, 0) is 10.4 Å². The van der Waals surface area contributed by atoms with Crippen LogP contribution in [0.5, 0.6) is 0 Å². The SMILES string of the molecule is CC(=O)N1CCC(O)(c2ccc3nc(C)nc(N[C@H](C)c4cccc(C)c4)c3c2)CC1. The van der Waals surface area contributed by atoms with Gasteiger partial charge in [0.2, 0.25) is 5.91 Å². The van der Waals surface area contributed by atoms with Crippen LogP contribution in [0.4, 0.5) is 5.82 Å². The Morgan fingerprint density at radius 2 is 1.87 bits per heavy atom. The van der Waals surface area contributed by atoms with Crippen LogP contribution in [0.1, 0.15) is 55.2 Å². The molecule has 1 fully saturated rings. The topological polar surface area (TPSA) is 78.4 Å². The summed E-state index contributed by atoms with van der Waals surface area (Å²) >= 11 is 0. The number of benzene rings is 2. The number of nitrogens with one attached hydrogen (secondary N) is 1. The first-order valence-electron chi connectivity index (χ1n) is 10.8. The van der Waals surface area contributed by atoms with E-state index >= 15 is 0 Å². The van der Waals surface area contributed by atoms with Crippen LogP contribution in [0.3, 0.4) is 0 Å². The van der Waals surface area contributed by atoms with E-state index in [0.29, 0.717) is 31.8 Å². The van der Waals surface area contributed by atoms with Crippen molar-refractivity contribution >= 4 is 22.6 Å². The second kappa shape index (κ2) is 8.27. The lowest BCUT2D eigenvalue weighted by Crippen LogP contribution is -2.44. The zero-order chi connectivity index (χ0) is 22.2. The number of rotatable bonds is 4. The molecule has 1 atom stereocenters. The summed E-state index contributed by atoms with van der Waals surface area (Å²) in [4.78, 5) is 22.7. The maximum absolute atomic E-state index is 11.7. The van der Waals surface area contributed by atoms with Crippen LogP contribution in [0.2, 0.25) is 0 Å². The van der Waals surface area contributed by atoms with Gasteiger partial charge < -0.3 is 15.3 Å². The normalized spacial score (nSPS) is 16.9. The number of aromatic nitrogens is 2. The molecule has 162 valence electrons. The van der Waals surface area contributed by atoms with E-state index in [4.69, 9.17) is 0 Å². The van der Waals surface area contributed by atoms with Crippen molar-refractivity contribution in [2.75, 3.05) is 18.4 Å². The minimum absolute atomic E-state index is 0.0565. The molecule has 2 aromatic carbocycles. The molecule has 0 radical (unpaired) electrons. The van der Waals surface area contributed by atoms with E-state index < -0.39 is 5.60 Å². The van der Waals surface area contributed by atoms with Gasteiger partial charge in [-0.2, -0.15) is 0 Å². The fraction of sp³-hybridized carbons (Fsp3) is 0.400. The molecule has 4 rings (SSSR count). The van der Waals surface area contributed by atoms with Gasteiger partial charge in [-0.15, -0.1) is 0 Å². The smallest absolute Gasteiger partial charge is 0.219 e. The minimum Gasteiger partial charge on any atom is -0.385 e. The van der Waals surface area contributed by atoms with Crippen molar-refractivity contribution in [1.29, 1.82) is 0 Å². The number of hydrogen-bond acceptors (Lipinski definition) is 5. The second-order valence-corrected chi connectivity index (χ2v) is 8.67. The van der Waals surface area contributed by atoms with Crippen LogP contribution in [-0.4, -0.2) is 39.0 Å². The molecule has 0 aliphatic carbocycles. The zero-order valence-corrected chi connectivity index (χ0v) is 18.6. The Bertz CT molecular complexity index is 1120. The number of piperidine rings is 1. The van der Waals surface area contributed by atoms with Crippen LogP contribution in [0.15, 0.2) is 42.5 Å². The molecule has 2 N–H and O–H groups in total. The first kappa shape index (κ1) is 21.2. The molecule has 3 aromatic rings. The van der Waals surface area contributed by atoms with Crippen molar-refractivity contribution in [3.05, 3.63) is 65.0 Å². The molecule has 2 heterocycles. The molecule has 1 amide bonds. The molecule has 0 saturated carbocycles. The molecule has 0 unspecified atom stereocenters. The van der Waals surface area contributed by atoms with Crippen molar-refractivity contribution in [1.82, 2.24) is 14.9 Å². The van der Waals surface area contributed by atoms with Crippen molar-refractivity contribution in [3.63, 3.8) is 0 Å². The van der Waals surface area contributed by atoms with Crippen molar-refractivity contribution in [2.24, 2.45) is 0 Å². The molecule has 1 aromatic heterocycles. The Hall–Kier alpha value is -2.99. The Kier molecular flexibility index (Phi) is 5.67. The molecule has 1 aliphatic rings. The lowest BCUT2D eigenvalue weighted by Gasteiger charge is -2.38. The van der Waals surface area contributed by atoms with Crippen molar-refractivity contribution in [2.45, 2.75) is 52.2 Å². The predicted octanol–water partition coefficient (Wildman–Crippen LogP) is 4.25. The van der Waals surface area contributed by atoms with E-state index in [0.717, 1.165) is 22.3 Å². The molecule has 6 heteroatoms. The van der Waals surface area contributed by atoms with E-state index in [1.807, 2.05) is 25.1 Å². The third-order valence-corrected chi connectivity index (χ3v) is 6.28. The van der Waals surface area contributed by atoms with Gasteiger partial charge >= 0.3 is 0 Å². The Morgan fingerprint density at radius 1 is 1.13 bits per heavy atom. The molecule has 6 nitrogen and oxygen atoms in total. The number of aryl methyl sites for hydroxylation is 2. The van der Waals surface area contributed by atoms with Crippen LogP contribution < -0.4 is 5.32 Å². The highest BCUT2D eigenvalue weighted by Gasteiger charge is 2.35. The van der Waals surface area contributed by atoms with Gasteiger partial charge in [0.1, 0.15) is 11.6 Å². The summed E-state index contributed by atoms with van der Waals surface area (Å²) in [5.74, 6) is 1.52. The van der Waals surface area contributed by atoms with Crippen LogP contribution >= 0.6 is 0 Å². The average molecular weight is 419 g/mol. The Balaban J connectivity index is 1.67. The monoisotopic (exact) mass is 418 g/mol. The molecule has 1 saturated heterocycles. The third-order valence-electron chi connectivity index (χ3n) is 6.28. The number of carbonyl (C=O) groups is 1. The number of hydrogen-bond donors (Lipinski definition) is 2. The van der Waals surface area contributed by atoms with Gasteiger partial charge in [0.05, 0.1) is 11.1 Å². The number of anilines is 1. The minimum atomic E-state index is -0.954. The molecule has 31 heavy (non-hydrogen) atoms. The highest BCUT2D eigenvalue weighted by atomic mass is 16.3. The van der Waals surface area contributed by atoms with E-state index in [9.17, 15) is 9.90 Å². The number of amides is 1. The molecule has 1 aliphatic heterocycles. The maximum Gasteiger partial charge on any atom is 0.219 e. The number of nitrogens with zero attached hydrogens (tertiary/aromatic N) is 3. The van der Waals surface area contributed by atoms with Gasteiger partial charge in [0.15, 0.2) is 0 Å². The summed E-state index contributed by atoms with van der Waals surface area (Å²) in [5, 5.41) is 15.8. The maximum atomic E-state index is 11.7. The number of carbonyl (C=O) groups excluding carboxylic acids is 1. The molecule has 0 bridgehead atoms. The Labute approximate surface area is 183 Å². The van der Waals surface area contributed by atoms with Crippen molar-refractivity contribution < 1.29 is 9.90 Å². The number of aliphatic hydroxyl groups is 1. The zero-order valence-electron chi connectivity index (χ0n) is 18.6.